The van der Waals surface area contributed by atoms with E-state index in [0.29, 0.717) is 5.84 Å². The molecule has 1 saturated heterocycles. The molecule has 9 heteroatoms. The Hall–Kier alpha value is -1.26. The highest BCUT2D eigenvalue weighted by molar-refractivity contribution is 5.88. The van der Waals surface area contributed by atoms with E-state index in [9.17, 15) is 20.1 Å². The lowest BCUT2D eigenvalue weighted by Gasteiger charge is -2.36. The number of nitrogens with zero attached hydrogens (tertiary/aromatic N) is 1. The fourth-order valence-electron chi connectivity index (χ4n) is 2.24. The zero-order chi connectivity index (χ0) is 14.9. The molecule has 2 aliphatic rings. The summed E-state index contributed by atoms with van der Waals surface area (Å²) in [7, 11) is 0. The molecule has 0 saturated carbocycles. The summed E-state index contributed by atoms with van der Waals surface area (Å²) in [5.41, 5.74) is -1.78. The lowest BCUT2D eigenvalue weighted by Crippen LogP contribution is -2.60. The SMILES string of the molecule is CC1=NCC[C@@](O[C@@H]2O[C@H](CO)[C@H](O)[C@H]2O)(C(=O)O)N1. The van der Waals surface area contributed by atoms with Crippen LogP contribution in [0.3, 0.4) is 0 Å². The van der Waals surface area contributed by atoms with Gasteiger partial charge >= 0.3 is 5.97 Å². The Labute approximate surface area is 114 Å². The van der Waals surface area contributed by atoms with Crippen LogP contribution >= 0.6 is 0 Å². The van der Waals surface area contributed by atoms with Gasteiger partial charge in [-0.25, -0.2) is 4.79 Å². The lowest BCUT2D eigenvalue weighted by molar-refractivity contribution is -0.241. The zero-order valence-electron chi connectivity index (χ0n) is 10.9. The van der Waals surface area contributed by atoms with E-state index < -0.39 is 42.9 Å². The van der Waals surface area contributed by atoms with Crippen molar-refractivity contribution in [3.05, 3.63) is 0 Å². The lowest BCUT2D eigenvalue weighted by atomic mass is 10.1. The smallest absolute Gasteiger partial charge is 0.357 e. The number of aliphatic hydroxyl groups excluding tert-OH is 3. The van der Waals surface area contributed by atoms with E-state index in [1.807, 2.05) is 0 Å². The van der Waals surface area contributed by atoms with Gasteiger partial charge < -0.3 is 35.2 Å². The van der Waals surface area contributed by atoms with Crippen LogP contribution in [0.1, 0.15) is 13.3 Å². The van der Waals surface area contributed by atoms with Gasteiger partial charge in [-0.05, 0) is 6.92 Å². The fraction of sp³-hybridized carbons (Fsp3) is 0.818. The van der Waals surface area contributed by atoms with Gasteiger partial charge in [0.25, 0.3) is 0 Å². The topological polar surface area (TPSA) is 141 Å². The first-order valence-corrected chi connectivity index (χ1v) is 6.22. The van der Waals surface area contributed by atoms with Crippen LogP contribution in [-0.2, 0) is 14.3 Å². The summed E-state index contributed by atoms with van der Waals surface area (Å²) in [6.07, 6.45) is -5.10. The second-order valence-electron chi connectivity index (χ2n) is 4.80. The molecule has 0 aromatic heterocycles. The third-order valence-electron chi connectivity index (χ3n) is 3.36. The van der Waals surface area contributed by atoms with E-state index in [2.05, 4.69) is 10.3 Å². The third kappa shape index (κ3) is 2.63. The molecular weight excluding hydrogens is 272 g/mol. The minimum absolute atomic E-state index is 0.0478. The molecule has 20 heavy (non-hydrogen) atoms. The quantitative estimate of drug-likeness (QED) is 0.387. The summed E-state index contributed by atoms with van der Waals surface area (Å²) in [5.74, 6) is -0.880. The average molecular weight is 290 g/mol. The molecule has 0 bridgehead atoms. The summed E-state index contributed by atoms with van der Waals surface area (Å²) in [6, 6.07) is 0. The minimum Gasteiger partial charge on any atom is -0.478 e. The molecule has 0 aromatic carbocycles. The van der Waals surface area contributed by atoms with Crippen molar-refractivity contribution in [2.45, 2.75) is 43.7 Å². The Morgan fingerprint density at radius 2 is 2.25 bits per heavy atom. The first kappa shape index (κ1) is 15.1. The maximum Gasteiger partial charge on any atom is 0.357 e. The van der Waals surface area contributed by atoms with Crippen LogP contribution in [0, 0.1) is 0 Å². The second kappa shape index (κ2) is 5.62. The van der Waals surface area contributed by atoms with Crippen LogP contribution in [0.15, 0.2) is 4.99 Å². The van der Waals surface area contributed by atoms with Crippen molar-refractivity contribution >= 4 is 11.8 Å². The van der Waals surface area contributed by atoms with E-state index in [-0.39, 0.29) is 13.0 Å². The van der Waals surface area contributed by atoms with Gasteiger partial charge in [-0.15, -0.1) is 0 Å². The molecule has 0 aromatic rings. The number of hydrogen-bond donors (Lipinski definition) is 5. The summed E-state index contributed by atoms with van der Waals surface area (Å²) in [6.45, 7) is 1.34. The molecule has 0 radical (unpaired) electrons. The molecule has 114 valence electrons. The highest BCUT2D eigenvalue weighted by atomic mass is 16.7. The molecule has 2 aliphatic heterocycles. The number of aliphatic imine (C=N–C) groups is 1. The molecule has 0 unspecified atom stereocenters. The number of nitrogens with one attached hydrogen (secondary N) is 1. The Bertz CT molecular complexity index is 416. The number of hydrogen-bond acceptors (Lipinski definition) is 8. The summed E-state index contributed by atoms with van der Waals surface area (Å²) in [4.78, 5) is 15.5. The van der Waals surface area contributed by atoms with E-state index in [0.717, 1.165) is 0 Å². The van der Waals surface area contributed by atoms with Gasteiger partial charge in [-0.1, -0.05) is 0 Å². The van der Waals surface area contributed by atoms with Gasteiger partial charge in [-0.3, -0.25) is 4.99 Å². The van der Waals surface area contributed by atoms with Gasteiger partial charge in [-0.2, -0.15) is 0 Å². The molecule has 0 amide bonds. The monoisotopic (exact) mass is 290 g/mol. The van der Waals surface area contributed by atoms with Crippen molar-refractivity contribution in [1.82, 2.24) is 5.32 Å². The number of carboxylic acids is 1. The molecule has 2 rings (SSSR count). The van der Waals surface area contributed by atoms with Crippen molar-refractivity contribution in [2.24, 2.45) is 4.99 Å². The van der Waals surface area contributed by atoms with E-state index in [4.69, 9.17) is 14.6 Å². The third-order valence-corrected chi connectivity index (χ3v) is 3.36. The first-order valence-electron chi connectivity index (χ1n) is 6.22. The van der Waals surface area contributed by atoms with E-state index >= 15 is 0 Å². The summed E-state index contributed by atoms with van der Waals surface area (Å²) < 4.78 is 10.5. The largest absolute Gasteiger partial charge is 0.478 e. The van der Waals surface area contributed by atoms with Crippen molar-refractivity contribution in [2.75, 3.05) is 13.2 Å². The van der Waals surface area contributed by atoms with Crippen LogP contribution in [0.4, 0.5) is 0 Å². The normalized spacial score (nSPS) is 41.1. The van der Waals surface area contributed by atoms with Crippen LogP contribution < -0.4 is 5.32 Å². The zero-order valence-corrected chi connectivity index (χ0v) is 10.9. The van der Waals surface area contributed by atoms with Crippen LogP contribution in [0.5, 0.6) is 0 Å². The summed E-state index contributed by atoms with van der Waals surface area (Å²) >= 11 is 0. The number of carboxylic acid groups (broad SMARTS) is 1. The van der Waals surface area contributed by atoms with Crippen LogP contribution in [0.2, 0.25) is 0 Å². The predicted octanol–water partition coefficient (Wildman–Crippen LogP) is -2.37. The minimum atomic E-state index is -1.78. The Kier molecular flexibility index (Phi) is 4.25. The number of aliphatic carboxylic acids is 1. The van der Waals surface area contributed by atoms with Crippen LogP contribution in [0.25, 0.3) is 0 Å². The standard InChI is InChI=1S/C11H18N2O7/c1-5-12-3-2-11(13-5,10(17)18)20-9-8(16)7(15)6(4-14)19-9/h6-9,14-16H,2-4H2,1H3,(H,12,13)(H,17,18)/t6-,7+,8-,9+,11-/m1/s1. The second-order valence-corrected chi connectivity index (χ2v) is 4.80. The fourth-order valence-corrected chi connectivity index (χ4v) is 2.24. The van der Waals surface area contributed by atoms with E-state index in [1.54, 1.807) is 6.92 Å². The van der Waals surface area contributed by atoms with Crippen molar-refractivity contribution < 1.29 is 34.7 Å². The molecule has 1 fully saturated rings. The van der Waals surface area contributed by atoms with Gasteiger partial charge in [0.05, 0.1) is 12.4 Å². The average Bonchev–Trinajstić information content (AvgIpc) is 2.66. The molecule has 2 heterocycles. The number of carbonyl (C=O) groups is 1. The predicted molar refractivity (Wildman–Crippen MR) is 64.9 cm³/mol. The van der Waals surface area contributed by atoms with Gasteiger partial charge in [0.15, 0.2) is 6.29 Å². The number of amidine groups is 1. The van der Waals surface area contributed by atoms with E-state index in [1.165, 1.54) is 0 Å². The molecule has 5 N–H and O–H groups in total. The molecule has 0 spiro atoms. The van der Waals surface area contributed by atoms with Crippen molar-refractivity contribution in [3.8, 4) is 0 Å². The first-order chi connectivity index (χ1) is 9.39. The molecule has 5 atom stereocenters. The van der Waals surface area contributed by atoms with Gasteiger partial charge in [0.2, 0.25) is 5.72 Å². The highest BCUT2D eigenvalue weighted by Gasteiger charge is 2.50. The number of aliphatic hydroxyl groups is 3. The maximum absolute atomic E-state index is 11.5. The molecule has 0 aliphatic carbocycles. The number of rotatable bonds is 4. The number of ether oxygens (including phenoxy) is 2. The Morgan fingerprint density at radius 1 is 1.55 bits per heavy atom. The maximum atomic E-state index is 11.5. The van der Waals surface area contributed by atoms with Crippen molar-refractivity contribution in [3.63, 3.8) is 0 Å². The van der Waals surface area contributed by atoms with Gasteiger partial charge in [0.1, 0.15) is 18.3 Å². The van der Waals surface area contributed by atoms with Gasteiger partial charge in [0, 0.05) is 13.0 Å². The molecular formula is C11H18N2O7. The molecule has 9 nitrogen and oxygen atoms in total. The highest BCUT2D eigenvalue weighted by Crippen LogP contribution is 2.28. The van der Waals surface area contributed by atoms with Crippen molar-refractivity contribution in [1.29, 1.82) is 0 Å². The summed E-state index contributed by atoms with van der Waals surface area (Å²) in [5, 5.41) is 40.4. The Balaban J connectivity index is 2.14. The Morgan fingerprint density at radius 3 is 2.75 bits per heavy atom. The van der Waals surface area contributed by atoms with Crippen LogP contribution in [-0.4, -0.2) is 75.7 Å².